The molecule has 9 N–H and O–H groups in total. The van der Waals surface area contributed by atoms with Gasteiger partial charge in [-0.05, 0) is 31.7 Å². The van der Waals surface area contributed by atoms with E-state index in [1.807, 2.05) is 6.07 Å². The number of aliphatic hydroxyl groups excluding tert-OH is 2. The molecule has 12 nitrogen and oxygen atoms in total. The fraction of sp³-hybridized carbons (Fsp3) is 0.550. The van der Waals surface area contributed by atoms with E-state index in [0.717, 1.165) is 5.56 Å². The zero-order valence-electron chi connectivity index (χ0n) is 18.6. The molecule has 2 amide bonds. The Balaban J connectivity index is 2.55. The summed E-state index contributed by atoms with van der Waals surface area (Å²) >= 11 is 0. The van der Waals surface area contributed by atoms with E-state index in [-0.39, 0.29) is 24.7 Å². The number of aliphatic hydroxyl groups is 2. The second-order valence-corrected chi connectivity index (χ2v) is 9.35. The SMILES string of the molecule is C[C@H](NC(=O)[C@@H](CO)NS(=O)(=O)CCc1ccccc1)C(=O)N[C@H](CO)CCCN=C(N)N. The summed E-state index contributed by atoms with van der Waals surface area (Å²) in [6.45, 7) is 0.631. The Morgan fingerprint density at radius 2 is 1.73 bits per heavy atom. The summed E-state index contributed by atoms with van der Waals surface area (Å²) in [5.74, 6) is -1.75. The Bertz CT molecular complexity index is 876. The number of sulfonamides is 1. The number of carbonyl (C=O) groups excluding carboxylic acids is 2. The average Bonchev–Trinajstić information content (AvgIpc) is 2.78. The number of guanidine groups is 1. The zero-order valence-corrected chi connectivity index (χ0v) is 19.4. The number of amides is 2. The highest BCUT2D eigenvalue weighted by Gasteiger charge is 2.27. The Morgan fingerprint density at radius 3 is 2.30 bits per heavy atom. The van der Waals surface area contributed by atoms with Crippen molar-refractivity contribution < 1.29 is 28.2 Å². The molecular weight excluding hydrogens is 452 g/mol. The summed E-state index contributed by atoms with van der Waals surface area (Å²) in [5, 5.41) is 23.9. The fourth-order valence-corrected chi connectivity index (χ4v) is 4.04. The lowest BCUT2D eigenvalue weighted by molar-refractivity contribution is -0.130. The molecule has 0 fully saturated rings. The number of hydrogen-bond donors (Lipinski definition) is 7. The van der Waals surface area contributed by atoms with Crippen molar-refractivity contribution in [2.45, 2.75) is 44.3 Å². The van der Waals surface area contributed by atoms with E-state index in [2.05, 4.69) is 20.3 Å². The van der Waals surface area contributed by atoms with Crippen LogP contribution >= 0.6 is 0 Å². The molecule has 0 spiro atoms. The first-order valence-corrected chi connectivity index (χ1v) is 12.1. The Labute approximate surface area is 193 Å². The normalized spacial score (nSPS) is 14.0. The highest BCUT2D eigenvalue weighted by atomic mass is 32.2. The minimum Gasteiger partial charge on any atom is -0.394 e. The van der Waals surface area contributed by atoms with Gasteiger partial charge in [0, 0.05) is 6.54 Å². The van der Waals surface area contributed by atoms with Gasteiger partial charge >= 0.3 is 0 Å². The molecule has 33 heavy (non-hydrogen) atoms. The zero-order chi connectivity index (χ0) is 24.9. The molecule has 0 unspecified atom stereocenters. The second-order valence-electron chi connectivity index (χ2n) is 7.47. The molecule has 1 rings (SSSR count). The first-order chi connectivity index (χ1) is 15.6. The van der Waals surface area contributed by atoms with Crippen LogP contribution in [0.25, 0.3) is 0 Å². The maximum atomic E-state index is 12.4. The van der Waals surface area contributed by atoms with Gasteiger partial charge in [-0.2, -0.15) is 0 Å². The largest absolute Gasteiger partial charge is 0.394 e. The number of aliphatic imine (C=N–C) groups is 1. The van der Waals surface area contributed by atoms with E-state index in [9.17, 15) is 28.2 Å². The van der Waals surface area contributed by atoms with E-state index in [0.29, 0.717) is 19.4 Å². The van der Waals surface area contributed by atoms with Crippen LogP contribution in [0.1, 0.15) is 25.3 Å². The molecule has 0 saturated carbocycles. The van der Waals surface area contributed by atoms with E-state index in [1.54, 1.807) is 24.3 Å². The van der Waals surface area contributed by atoms with Crippen molar-refractivity contribution in [2.75, 3.05) is 25.5 Å². The van der Waals surface area contributed by atoms with Gasteiger partial charge < -0.3 is 32.3 Å². The van der Waals surface area contributed by atoms with Gasteiger partial charge in [-0.15, -0.1) is 0 Å². The monoisotopic (exact) mass is 486 g/mol. The number of carbonyl (C=O) groups is 2. The molecule has 0 heterocycles. The third-order valence-electron chi connectivity index (χ3n) is 4.65. The van der Waals surface area contributed by atoms with Gasteiger partial charge in [0.1, 0.15) is 12.1 Å². The maximum absolute atomic E-state index is 12.4. The standard InChI is InChI=1S/C20H34N6O6S/c1-14(18(29)25-16(12-27)8-5-10-23-20(21)22)24-19(30)17(13-28)26-33(31,32)11-9-15-6-3-2-4-7-15/h2-4,6-7,14,16-17,26-28H,5,8-13H2,1H3,(H,24,30)(H,25,29)(H4,21,22,23)/t14-,16-,17+/m0/s1. The smallest absolute Gasteiger partial charge is 0.242 e. The van der Waals surface area contributed by atoms with Gasteiger partial charge in [0.25, 0.3) is 0 Å². The summed E-state index contributed by atoms with van der Waals surface area (Å²) in [6, 6.07) is 5.90. The van der Waals surface area contributed by atoms with E-state index < -0.39 is 46.6 Å². The van der Waals surface area contributed by atoms with Crippen molar-refractivity contribution in [2.24, 2.45) is 16.5 Å². The summed E-state index contributed by atoms with van der Waals surface area (Å²) in [7, 11) is -3.87. The molecular formula is C20H34N6O6S. The van der Waals surface area contributed by atoms with Gasteiger partial charge in [-0.1, -0.05) is 30.3 Å². The molecule has 0 aromatic heterocycles. The van der Waals surface area contributed by atoms with Crippen LogP contribution in [0.5, 0.6) is 0 Å². The Kier molecular flexibility index (Phi) is 12.4. The summed E-state index contributed by atoms with van der Waals surface area (Å²) in [6.07, 6.45) is 1.15. The molecule has 13 heteroatoms. The maximum Gasteiger partial charge on any atom is 0.242 e. The van der Waals surface area contributed by atoms with Crippen LogP contribution in [0.15, 0.2) is 35.3 Å². The molecule has 0 radical (unpaired) electrons. The molecule has 0 saturated heterocycles. The lowest BCUT2D eigenvalue weighted by Gasteiger charge is -2.22. The van der Waals surface area contributed by atoms with E-state index >= 15 is 0 Å². The number of nitrogens with two attached hydrogens (primary N) is 2. The average molecular weight is 487 g/mol. The van der Waals surface area contributed by atoms with Crippen LogP contribution in [0.3, 0.4) is 0 Å². The predicted molar refractivity (Wildman–Crippen MR) is 124 cm³/mol. The Morgan fingerprint density at radius 1 is 1.06 bits per heavy atom. The summed E-state index contributed by atoms with van der Waals surface area (Å²) < 4.78 is 26.8. The lowest BCUT2D eigenvalue weighted by Crippen LogP contribution is -2.55. The topological polar surface area (TPSA) is 209 Å². The van der Waals surface area contributed by atoms with Gasteiger partial charge in [-0.25, -0.2) is 13.1 Å². The third kappa shape index (κ3) is 11.6. The molecule has 0 aliphatic rings. The first-order valence-electron chi connectivity index (χ1n) is 10.5. The fourth-order valence-electron chi connectivity index (χ4n) is 2.81. The van der Waals surface area contributed by atoms with Crippen molar-refractivity contribution in [3.05, 3.63) is 35.9 Å². The molecule has 0 aliphatic heterocycles. The third-order valence-corrected chi connectivity index (χ3v) is 6.03. The van der Waals surface area contributed by atoms with Crippen LogP contribution in [-0.4, -0.2) is 80.0 Å². The van der Waals surface area contributed by atoms with Crippen molar-refractivity contribution in [3.8, 4) is 0 Å². The van der Waals surface area contributed by atoms with Crippen molar-refractivity contribution >= 4 is 27.8 Å². The minimum absolute atomic E-state index is 0.0509. The second kappa shape index (κ2) is 14.4. The van der Waals surface area contributed by atoms with Crippen LogP contribution in [-0.2, 0) is 26.0 Å². The van der Waals surface area contributed by atoms with Gasteiger partial charge in [-0.3, -0.25) is 14.6 Å². The first kappa shape index (κ1) is 28.3. The van der Waals surface area contributed by atoms with Gasteiger partial charge in [0.05, 0.1) is 25.0 Å². The highest BCUT2D eigenvalue weighted by Crippen LogP contribution is 2.03. The highest BCUT2D eigenvalue weighted by molar-refractivity contribution is 7.89. The molecule has 0 aliphatic carbocycles. The van der Waals surface area contributed by atoms with E-state index in [4.69, 9.17) is 11.5 Å². The van der Waals surface area contributed by atoms with Crippen LogP contribution in [0.4, 0.5) is 0 Å². The summed E-state index contributed by atoms with van der Waals surface area (Å²) in [4.78, 5) is 28.6. The molecule has 0 bridgehead atoms. The van der Waals surface area contributed by atoms with Crippen LogP contribution in [0, 0.1) is 0 Å². The van der Waals surface area contributed by atoms with E-state index in [1.165, 1.54) is 6.92 Å². The number of hydrogen-bond acceptors (Lipinski definition) is 7. The van der Waals surface area contributed by atoms with Crippen molar-refractivity contribution in [1.82, 2.24) is 15.4 Å². The molecule has 1 aromatic rings. The van der Waals surface area contributed by atoms with Crippen molar-refractivity contribution in [3.63, 3.8) is 0 Å². The number of nitrogens with one attached hydrogen (secondary N) is 3. The van der Waals surface area contributed by atoms with Gasteiger partial charge in [0.15, 0.2) is 5.96 Å². The number of aryl methyl sites for hydroxylation is 1. The predicted octanol–water partition coefficient (Wildman–Crippen LogP) is -2.46. The number of benzene rings is 1. The lowest BCUT2D eigenvalue weighted by atomic mass is 10.1. The number of rotatable bonds is 15. The van der Waals surface area contributed by atoms with Crippen LogP contribution in [0.2, 0.25) is 0 Å². The number of nitrogens with zero attached hydrogens (tertiary/aromatic N) is 1. The molecule has 3 atom stereocenters. The summed E-state index contributed by atoms with van der Waals surface area (Å²) in [5.41, 5.74) is 11.3. The quantitative estimate of drug-likeness (QED) is 0.0801. The molecule has 1 aromatic carbocycles. The minimum atomic E-state index is -3.87. The Hall–Kier alpha value is -2.74. The van der Waals surface area contributed by atoms with Gasteiger partial charge in [0.2, 0.25) is 21.8 Å². The molecule has 186 valence electrons. The van der Waals surface area contributed by atoms with Crippen molar-refractivity contribution in [1.29, 1.82) is 0 Å². The van der Waals surface area contributed by atoms with Crippen LogP contribution < -0.4 is 26.8 Å².